The number of amides is 1. The molecule has 0 saturated heterocycles. The summed E-state index contributed by atoms with van der Waals surface area (Å²) in [6.07, 6.45) is 0. The summed E-state index contributed by atoms with van der Waals surface area (Å²) < 4.78 is 0. The molecule has 0 aliphatic carbocycles. The maximum Gasteiger partial charge on any atom is 0.221 e. The first-order valence-corrected chi connectivity index (χ1v) is 7.86. The molecule has 0 spiro atoms. The fraction of sp³-hybridized carbons (Fsp3) is 0.357. The van der Waals surface area contributed by atoms with Crippen LogP contribution >= 0.6 is 22.7 Å². The van der Waals surface area contributed by atoms with Crippen LogP contribution in [0.1, 0.15) is 27.1 Å². The van der Waals surface area contributed by atoms with Crippen molar-refractivity contribution in [3.05, 3.63) is 37.7 Å². The average Bonchev–Trinajstić information content (AvgIpc) is 2.87. The zero-order chi connectivity index (χ0) is 13.8. The summed E-state index contributed by atoms with van der Waals surface area (Å²) >= 11 is 3.50. The van der Waals surface area contributed by atoms with Gasteiger partial charge in [-0.25, -0.2) is 0 Å². The quantitative estimate of drug-likeness (QED) is 0.883. The van der Waals surface area contributed by atoms with Crippen LogP contribution in [0.2, 0.25) is 0 Å². The van der Waals surface area contributed by atoms with Gasteiger partial charge in [-0.15, -0.1) is 22.7 Å². The molecule has 0 aliphatic rings. The van der Waals surface area contributed by atoms with Crippen molar-refractivity contribution in [1.29, 1.82) is 0 Å². The lowest BCUT2D eigenvalue weighted by molar-refractivity contribution is -0.114. The number of thiophene rings is 2. The van der Waals surface area contributed by atoms with Crippen LogP contribution in [0.25, 0.3) is 0 Å². The lowest BCUT2D eigenvalue weighted by Gasteiger charge is -2.05. The Morgan fingerprint density at radius 1 is 1.32 bits per heavy atom. The smallest absolute Gasteiger partial charge is 0.221 e. The van der Waals surface area contributed by atoms with Crippen LogP contribution in [0.3, 0.4) is 0 Å². The SMILES string of the molecule is CC(=O)Nc1ccsc1CNCc1cc(C)c(C)s1. The highest BCUT2D eigenvalue weighted by molar-refractivity contribution is 7.12. The molecule has 2 heterocycles. The molecule has 19 heavy (non-hydrogen) atoms. The van der Waals surface area contributed by atoms with Gasteiger partial charge in [0.05, 0.1) is 5.69 Å². The Morgan fingerprint density at radius 3 is 2.74 bits per heavy atom. The van der Waals surface area contributed by atoms with Crippen molar-refractivity contribution in [2.45, 2.75) is 33.9 Å². The molecular formula is C14H18N2OS2. The van der Waals surface area contributed by atoms with E-state index in [4.69, 9.17) is 0 Å². The summed E-state index contributed by atoms with van der Waals surface area (Å²) in [4.78, 5) is 15.0. The van der Waals surface area contributed by atoms with E-state index in [1.54, 1.807) is 11.3 Å². The van der Waals surface area contributed by atoms with Gasteiger partial charge in [0.1, 0.15) is 0 Å². The van der Waals surface area contributed by atoms with E-state index in [0.29, 0.717) is 0 Å². The van der Waals surface area contributed by atoms with E-state index in [1.165, 1.54) is 27.1 Å². The summed E-state index contributed by atoms with van der Waals surface area (Å²) in [6.45, 7) is 7.48. The van der Waals surface area contributed by atoms with Gasteiger partial charge in [0.25, 0.3) is 0 Å². The highest BCUT2D eigenvalue weighted by Crippen LogP contribution is 2.23. The van der Waals surface area contributed by atoms with Gasteiger partial charge in [-0.05, 0) is 36.9 Å². The van der Waals surface area contributed by atoms with E-state index < -0.39 is 0 Å². The summed E-state index contributed by atoms with van der Waals surface area (Å²) in [5, 5.41) is 8.28. The van der Waals surface area contributed by atoms with Crippen molar-refractivity contribution in [2.24, 2.45) is 0 Å². The van der Waals surface area contributed by atoms with E-state index in [-0.39, 0.29) is 5.91 Å². The third-order valence-electron chi connectivity index (χ3n) is 2.86. The van der Waals surface area contributed by atoms with Gasteiger partial charge in [0, 0.05) is 34.6 Å². The first-order chi connectivity index (χ1) is 9.06. The van der Waals surface area contributed by atoms with Gasteiger partial charge in [-0.1, -0.05) is 0 Å². The minimum Gasteiger partial charge on any atom is -0.325 e. The number of hydrogen-bond donors (Lipinski definition) is 2. The van der Waals surface area contributed by atoms with Gasteiger partial charge in [-0.3, -0.25) is 4.79 Å². The zero-order valence-corrected chi connectivity index (χ0v) is 13.0. The summed E-state index contributed by atoms with van der Waals surface area (Å²) in [5.41, 5.74) is 2.28. The molecule has 0 atom stereocenters. The van der Waals surface area contributed by atoms with Crippen LogP contribution in [0, 0.1) is 13.8 Å². The number of carbonyl (C=O) groups excluding carboxylic acids is 1. The van der Waals surface area contributed by atoms with Gasteiger partial charge >= 0.3 is 0 Å². The zero-order valence-electron chi connectivity index (χ0n) is 11.4. The minimum absolute atomic E-state index is 0.0239. The molecule has 0 aliphatic heterocycles. The molecule has 2 aromatic heterocycles. The van der Waals surface area contributed by atoms with Crippen molar-refractivity contribution in [3.8, 4) is 0 Å². The van der Waals surface area contributed by atoms with E-state index >= 15 is 0 Å². The molecule has 2 rings (SSSR count). The molecule has 0 radical (unpaired) electrons. The van der Waals surface area contributed by atoms with Crippen molar-refractivity contribution >= 4 is 34.3 Å². The molecule has 102 valence electrons. The first kappa shape index (κ1) is 14.2. The Labute approximate surface area is 121 Å². The molecule has 2 N–H and O–H groups in total. The number of hydrogen-bond acceptors (Lipinski definition) is 4. The predicted molar refractivity (Wildman–Crippen MR) is 83.0 cm³/mol. The number of nitrogens with one attached hydrogen (secondary N) is 2. The molecule has 0 fully saturated rings. The van der Waals surface area contributed by atoms with Crippen LogP contribution in [0.5, 0.6) is 0 Å². The van der Waals surface area contributed by atoms with Crippen molar-refractivity contribution in [1.82, 2.24) is 5.32 Å². The second-order valence-corrected chi connectivity index (χ2v) is 6.84. The Balaban J connectivity index is 1.89. The largest absolute Gasteiger partial charge is 0.325 e. The molecular weight excluding hydrogens is 276 g/mol. The Bertz CT molecular complexity index is 552. The van der Waals surface area contributed by atoms with Gasteiger partial charge in [-0.2, -0.15) is 0 Å². The monoisotopic (exact) mass is 294 g/mol. The molecule has 1 amide bonds. The third kappa shape index (κ3) is 3.89. The molecule has 3 nitrogen and oxygen atoms in total. The van der Waals surface area contributed by atoms with Crippen molar-refractivity contribution in [3.63, 3.8) is 0 Å². The number of aryl methyl sites for hydroxylation is 2. The van der Waals surface area contributed by atoms with Crippen LogP contribution in [-0.4, -0.2) is 5.91 Å². The van der Waals surface area contributed by atoms with Gasteiger partial charge in [0.15, 0.2) is 0 Å². The topological polar surface area (TPSA) is 41.1 Å². The Hall–Kier alpha value is -1.17. The van der Waals surface area contributed by atoms with Crippen LogP contribution in [-0.2, 0) is 17.9 Å². The van der Waals surface area contributed by atoms with E-state index in [2.05, 4.69) is 30.5 Å². The second-order valence-electron chi connectivity index (χ2n) is 4.49. The summed E-state index contributed by atoms with van der Waals surface area (Å²) in [7, 11) is 0. The lowest BCUT2D eigenvalue weighted by Crippen LogP contribution is -2.13. The lowest BCUT2D eigenvalue weighted by atomic mass is 10.3. The number of rotatable bonds is 5. The molecule has 5 heteroatoms. The van der Waals surface area contributed by atoms with E-state index in [0.717, 1.165) is 18.8 Å². The molecule has 0 unspecified atom stereocenters. The van der Waals surface area contributed by atoms with Gasteiger partial charge in [0.2, 0.25) is 5.91 Å². The van der Waals surface area contributed by atoms with E-state index in [1.807, 2.05) is 22.8 Å². The Morgan fingerprint density at radius 2 is 2.11 bits per heavy atom. The summed E-state index contributed by atoms with van der Waals surface area (Å²) in [5.74, 6) is -0.0239. The normalized spacial score (nSPS) is 10.7. The van der Waals surface area contributed by atoms with Crippen molar-refractivity contribution in [2.75, 3.05) is 5.32 Å². The number of anilines is 1. The predicted octanol–water partition coefficient (Wildman–Crippen LogP) is 3.67. The molecule has 2 aromatic rings. The highest BCUT2D eigenvalue weighted by Gasteiger charge is 2.06. The fourth-order valence-corrected chi connectivity index (χ4v) is 3.64. The average molecular weight is 294 g/mol. The second kappa shape index (κ2) is 6.32. The molecule has 0 aromatic carbocycles. The molecule has 0 bridgehead atoms. The minimum atomic E-state index is -0.0239. The van der Waals surface area contributed by atoms with Crippen molar-refractivity contribution < 1.29 is 4.79 Å². The standard InChI is InChI=1S/C14H18N2OS2/c1-9-6-12(19-10(9)2)7-15-8-14-13(4-5-18-14)16-11(3)17/h4-6,15H,7-8H2,1-3H3,(H,16,17). The Kier molecular flexibility index (Phi) is 4.74. The maximum atomic E-state index is 11.1. The highest BCUT2D eigenvalue weighted by atomic mass is 32.1. The molecule has 0 saturated carbocycles. The van der Waals surface area contributed by atoms with Gasteiger partial charge < -0.3 is 10.6 Å². The third-order valence-corrected chi connectivity index (χ3v) is 4.93. The van der Waals surface area contributed by atoms with Crippen LogP contribution in [0.4, 0.5) is 5.69 Å². The van der Waals surface area contributed by atoms with Crippen LogP contribution in [0.15, 0.2) is 17.5 Å². The fourth-order valence-electron chi connectivity index (χ4n) is 1.81. The maximum absolute atomic E-state index is 11.1. The van der Waals surface area contributed by atoms with Crippen LogP contribution < -0.4 is 10.6 Å². The number of carbonyl (C=O) groups is 1. The summed E-state index contributed by atoms with van der Waals surface area (Å²) in [6, 6.07) is 4.18. The van der Waals surface area contributed by atoms with E-state index in [9.17, 15) is 4.79 Å². The first-order valence-electron chi connectivity index (χ1n) is 6.17.